The number of benzene rings is 2. The molecule has 164 valence electrons. The van der Waals surface area contributed by atoms with Gasteiger partial charge in [-0.3, -0.25) is 14.9 Å². The molecule has 1 aliphatic rings. The summed E-state index contributed by atoms with van der Waals surface area (Å²) < 4.78 is 5.20. The molecule has 1 heterocycles. The second kappa shape index (κ2) is 10.2. The van der Waals surface area contributed by atoms with Crippen LogP contribution in [0.25, 0.3) is 0 Å². The van der Waals surface area contributed by atoms with Crippen LogP contribution in [0.2, 0.25) is 10.0 Å². The third-order valence-corrected chi connectivity index (χ3v) is 5.65. The van der Waals surface area contributed by atoms with E-state index in [9.17, 15) is 9.59 Å². The average Bonchev–Trinajstić information content (AvgIpc) is 2.73. The zero-order valence-electron chi connectivity index (χ0n) is 17.1. The molecule has 2 N–H and O–H groups in total. The van der Waals surface area contributed by atoms with Crippen molar-refractivity contribution < 1.29 is 14.3 Å². The summed E-state index contributed by atoms with van der Waals surface area (Å²) in [5.74, 6) is 0.0288. The van der Waals surface area contributed by atoms with Crippen molar-refractivity contribution in [1.29, 1.82) is 0 Å². The van der Waals surface area contributed by atoms with E-state index in [1.165, 1.54) is 13.2 Å². The molecule has 1 fully saturated rings. The van der Waals surface area contributed by atoms with Crippen LogP contribution in [0, 0.1) is 0 Å². The van der Waals surface area contributed by atoms with Crippen LogP contribution in [0.4, 0.5) is 11.4 Å². The molecule has 0 unspecified atom stereocenters. The third kappa shape index (κ3) is 5.78. The number of amides is 2. The van der Waals surface area contributed by atoms with Crippen molar-refractivity contribution in [2.75, 3.05) is 43.5 Å². The summed E-state index contributed by atoms with van der Waals surface area (Å²) >= 11 is 17.7. The second-order valence-electron chi connectivity index (χ2n) is 6.91. The number of rotatable bonds is 4. The summed E-state index contributed by atoms with van der Waals surface area (Å²) in [4.78, 5) is 28.0. The van der Waals surface area contributed by atoms with Crippen molar-refractivity contribution in [2.45, 2.75) is 6.92 Å². The molecule has 0 atom stereocenters. The topological polar surface area (TPSA) is 73.9 Å². The zero-order chi connectivity index (χ0) is 22.5. The highest BCUT2D eigenvalue weighted by atomic mass is 35.5. The molecule has 1 aliphatic heterocycles. The number of methoxy groups -OCH3 is 1. The Bertz CT molecular complexity index is 1010. The highest BCUT2D eigenvalue weighted by Crippen LogP contribution is 2.30. The predicted octanol–water partition coefficient (Wildman–Crippen LogP) is 3.80. The van der Waals surface area contributed by atoms with E-state index < -0.39 is 5.91 Å². The Kier molecular flexibility index (Phi) is 7.59. The summed E-state index contributed by atoms with van der Waals surface area (Å²) in [7, 11) is 1.47. The van der Waals surface area contributed by atoms with Gasteiger partial charge in [0.25, 0.3) is 5.91 Å². The maximum absolute atomic E-state index is 12.5. The van der Waals surface area contributed by atoms with E-state index >= 15 is 0 Å². The minimum Gasteiger partial charge on any atom is -0.496 e. The SMILES string of the molecule is COc1ccc(Cl)cc1C(=O)NC(=S)Nc1ccc(N2CCN(C(C)=O)CC2)c(Cl)c1. The minimum absolute atomic E-state index is 0.0799. The van der Waals surface area contributed by atoms with E-state index in [-0.39, 0.29) is 16.6 Å². The first-order valence-electron chi connectivity index (χ1n) is 9.54. The van der Waals surface area contributed by atoms with E-state index in [2.05, 4.69) is 15.5 Å². The summed E-state index contributed by atoms with van der Waals surface area (Å²) in [5, 5.41) is 6.65. The van der Waals surface area contributed by atoms with Crippen LogP contribution in [0.15, 0.2) is 36.4 Å². The second-order valence-corrected chi connectivity index (χ2v) is 8.16. The van der Waals surface area contributed by atoms with Gasteiger partial charge in [-0.15, -0.1) is 0 Å². The predicted molar refractivity (Wildman–Crippen MR) is 128 cm³/mol. The number of nitrogens with zero attached hydrogens (tertiary/aromatic N) is 2. The van der Waals surface area contributed by atoms with E-state index in [4.69, 9.17) is 40.2 Å². The van der Waals surface area contributed by atoms with Crippen molar-refractivity contribution in [1.82, 2.24) is 10.2 Å². The van der Waals surface area contributed by atoms with Crippen molar-refractivity contribution in [2.24, 2.45) is 0 Å². The Morgan fingerprint density at radius 3 is 2.39 bits per heavy atom. The smallest absolute Gasteiger partial charge is 0.261 e. The minimum atomic E-state index is -0.442. The zero-order valence-corrected chi connectivity index (χ0v) is 19.4. The van der Waals surface area contributed by atoms with E-state index in [0.29, 0.717) is 47.7 Å². The van der Waals surface area contributed by atoms with Crippen LogP contribution in [-0.4, -0.2) is 55.1 Å². The van der Waals surface area contributed by atoms with E-state index in [1.807, 2.05) is 17.0 Å². The first kappa shape index (κ1) is 23.1. The van der Waals surface area contributed by atoms with Gasteiger partial charge in [0.2, 0.25) is 5.91 Å². The summed E-state index contributed by atoms with van der Waals surface area (Å²) in [5.41, 5.74) is 1.80. The number of hydrogen-bond acceptors (Lipinski definition) is 5. The van der Waals surface area contributed by atoms with Gasteiger partial charge in [-0.2, -0.15) is 0 Å². The molecule has 0 radical (unpaired) electrons. The van der Waals surface area contributed by atoms with Crippen LogP contribution in [0.1, 0.15) is 17.3 Å². The van der Waals surface area contributed by atoms with Crippen molar-refractivity contribution in [3.05, 3.63) is 52.0 Å². The molecule has 0 aliphatic carbocycles. The van der Waals surface area contributed by atoms with Crippen LogP contribution >= 0.6 is 35.4 Å². The first-order chi connectivity index (χ1) is 14.8. The lowest BCUT2D eigenvalue weighted by molar-refractivity contribution is -0.129. The van der Waals surface area contributed by atoms with Gasteiger partial charge in [-0.25, -0.2) is 0 Å². The van der Waals surface area contributed by atoms with Gasteiger partial charge in [-0.1, -0.05) is 23.2 Å². The molecular weight excluding hydrogens is 459 g/mol. The van der Waals surface area contributed by atoms with Crippen LogP contribution < -0.4 is 20.3 Å². The Hall–Kier alpha value is -2.55. The lowest BCUT2D eigenvalue weighted by atomic mass is 10.2. The molecule has 0 spiro atoms. The molecule has 2 amide bonds. The molecule has 10 heteroatoms. The van der Waals surface area contributed by atoms with Gasteiger partial charge in [0.05, 0.1) is 23.4 Å². The van der Waals surface area contributed by atoms with Crippen LogP contribution in [0.3, 0.4) is 0 Å². The Morgan fingerprint density at radius 2 is 1.77 bits per heavy atom. The molecule has 31 heavy (non-hydrogen) atoms. The highest BCUT2D eigenvalue weighted by molar-refractivity contribution is 7.80. The monoisotopic (exact) mass is 480 g/mol. The van der Waals surface area contributed by atoms with Gasteiger partial charge in [0, 0.05) is 43.8 Å². The van der Waals surface area contributed by atoms with Gasteiger partial charge in [-0.05, 0) is 48.6 Å². The summed E-state index contributed by atoms with van der Waals surface area (Å²) in [6.07, 6.45) is 0. The molecule has 0 aromatic heterocycles. The van der Waals surface area contributed by atoms with E-state index in [1.54, 1.807) is 25.1 Å². The number of halogens is 2. The fraction of sp³-hybridized carbons (Fsp3) is 0.286. The quantitative estimate of drug-likeness (QED) is 0.648. The largest absolute Gasteiger partial charge is 0.496 e. The number of thiocarbonyl (C=S) groups is 1. The molecular formula is C21H22Cl2N4O3S. The number of anilines is 2. The molecule has 1 saturated heterocycles. The van der Waals surface area contributed by atoms with Crippen molar-refractivity contribution in [3.8, 4) is 5.75 Å². The molecule has 2 aromatic carbocycles. The Morgan fingerprint density at radius 1 is 1.06 bits per heavy atom. The van der Waals surface area contributed by atoms with Crippen LogP contribution in [-0.2, 0) is 4.79 Å². The third-order valence-electron chi connectivity index (χ3n) is 4.90. The molecule has 3 rings (SSSR count). The maximum atomic E-state index is 12.5. The van der Waals surface area contributed by atoms with Crippen LogP contribution in [0.5, 0.6) is 5.75 Å². The summed E-state index contributed by atoms with van der Waals surface area (Å²) in [6.45, 7) is 4.32. The van der Waals surface area contributed by atoms with Crippen molar-refractivity contribution in [3.63, 3.8) is 0 Å². The maximum Gasteiger partial charge on any atom is 0.261 e. The lowest BCUT2D eigenvalue weighted by Crippen LogP contribution is -2.48. The van der Waals surface area contributed by atoms with Gasteiger partial charge in [0.1, 0.15) is 5.75 Å². The number of nitrogens with one attached hydrogen (secondary N) is 2. The number of hydrogen-bond donors (Lipinski definition) is 2. The van der Waals surface area contributed by atoms with E-state index in [0.717, 1.165) is 5.69 Å². The number of piperazine rings is 1. The first-order valence-corrected chi connectivity index (χ1v) is 10.7. The summed E-state index contributed by atoms with van der Waals surface area (Å²) in [6, 6.07) is 10.2. The van der Waals surface area contributed by atoms with Gasteiger partial charge < -0.3 is 19.9 Å². The normalized spacial score (nSPS) is 13.5. The van der Waals surface area contributed by atoms with Gasteiger partial charge in [0.15, 0.2) is 5.11 Å². The Labute approximate surface area is 196 Å². The molecule has 7 nitrogen and oxygen atoms in total. The van der Waals surface area contributed by atoms with Gasteiger partial charge >= 0.3 is 0 Å². The fourth-order valence-electron chi connectivity index (χ4n) is 3.29. The number of carbonyl (C=O) groups is 2. The number of carbonyl (C=O) groups excluding carboxylic acids is 2. The average molecular weight is 481 g/mol. The van der Waals surface area contributed by atoms with Crippen molar-refractivity contribution >= 4 is 63.7 Å². The molecule has 0 bridgehead atoms. The standard InChI is InChI=1S/C21H22Cl2N4O3S/c1-13(28)26-7-9-27(10-8-26)18-5-4-15(12-17(18)23)24-21(31)25-20(29)16-11-14(22)3-6-19(16)30-2/h3-6,11-12H,7-10H2,1-2H3,(H2,24,25,29,31). The fourth-order valence-corrected chi connectivity index (χ4v) is 3.98. The Balaban J connectivity index is 1.62. The molecule has 0 saturated carbocycles. The lowest BCUT2D eigenvalue weighted by Gasteiger charge is -2.36. The highest BCUT2D eigenvalue weighted by Gasteiger charge is 2.20. The number of ether oxygens (including phenoxy) is 1. The molecule has 2 aromatic rings.